The van der Waals surface area contributed by atoms with Crippen molar-refractivity contribution < 1.29 is 0 Å². The second kappa shape index (κ2) is 6.24. The lowest BCUT2D eigenvalue weighted by atomic mass is 9.95. The van der Waals surface area contributed by atoms with Gasteiger partial charge in [-0.25, -0.2) is 0 Å². The van der Waals surface area contributed by atoms with Gasteiger partial charge in [-0.2, -0.15) is 0 Å². The molecule has 18 heavy (non-hydrogen) atoms. The lowest BCUT2D eigenvalue weighted by Crippen LogP contribution is -2.31. The minimum atomic E-state index is 0.188. The predicted molar refractivity (Wildman–Crippen MR) is 79.1 cm³/mol. The van der Waals surface area contributed by atoms with E-state index in [0.717, 1.165) is 12.8 Å². The maximum atomic E-state index is 6.39. The Morgan fingerprint density at radius 3 is 2.61 bits per heavy atom. The fourth-order valence-corrected chi connectivity index (χ4v) is 3.01. The molecule has 1 aliphatic heterocycles. The summed E-state index contributed by atoms with van der Waals surface area (Å²) < 4.78 is 0. The summed E-state index contributed by atoms with van der Waals surface area (Å²) in [6, 6.07) is 6.80. The second-order valence-corrected chi connectivity index (χ2v) is 5.45. The Morgan fingerprint density at radius 1 is 1.22 bits per heavy atom. The van der Waals surface area contributed by atoms with Crippen LogP contribution < -0.4 is 10.6 Å². The zero-order valence-electron chi connectivity index (χ0n) is 11.8. The van der Waals surface area contributed by atoms with E-state index < -0.39 is 0 Å². The van der Waals surface area contributed by atoms with Crippen molar-refractivity contribution in [1.82, 2.24) is 0 Å². The molecule has 0 bridgehead atoms. The van der Waals surface area contributed by atoms with Crippen molar-refractivity contribution >= 4 is 5.69 Å². The Morgan fingerprint density at radius 2 is 1.94 bits per heavy atom. The molecular weight excluding hydrogens is 220 g/mol. The van der Waals surface area contributed by atoms with E-state index >= 15 is 0 Å². The van der Waals surface area contributed by atoms with E-state index in [1.54, 1.807) is 0 Å². The quantitative estimate of drug-likeness (QED) is 0.876. The lowest BCUT2D eigenvalue weighted by Gasteiger charge is -2.32. The van der Waals surface area contributed by atoms with Gasteiger partial charge in [-0.05, 0) is 49.8 Å². The number of aryl methyl sites for hydroxylation is 1. The summed E-state index contributed by atoms with van der Waals surface area (Å²) in [6.07, 6.45) is 6.23. The molecule has 0 amide bonds. The van der Waals surface area contributed by atoms with E-state index in [0.29, 0.717) is 0 Å². The fourth-order valence-electron chi connectivity index (χ4n) is 3.01. The van der Waals surface area contributed by atoms with Gasteiger partial charge in [0.1, 0.15) is 0 Å². The Kier molecular flexibility index (Phi) is 4.65. The molecule has 100 valence electrons. The summed E-state index contributed by atoms with van der Waals surface area (Å²) >= 11 is 0. The maximum Gasteiger partial charge on any atom is 0.0417 e. The van der Waals surface area contributed by atoms with E-state index in [1.807, 2.05) is 0 Å². The standard InChI is InChI=1S/C16H26N2/c1-3-8-14(17)16-13(2)9-7-10-15(16)18-11-5-4-6-12-18/h7,9-10,14H,3-6,8,11-12,17H2,1-2H3. The number of hydrogen-bond acceptors (Lipinski definition) is 2. The molecule has 1 aromatic rings. The minimum absolute atomic E-state index is 0.188. The van der Waals surface area contributed by atoms with Gasteiger partial charge < -0.3 is 10.6 Å². The normalized spacial score (nSPS) is 17.8. The lowest BCUT2D eigenvalue weighted by molar-refractivity contribution is 0.569. The number of piperidine rings is 1. The predicted octanol–water partition coefficient (Wildman–Crippen LogP) is 3.79. The van der Waals surface area contributed by atoms with Gasteiger partial charge in [-0.3, -0.25) is 0 Å². The average molecular weight is 246 g/mol. The first-order valence-electron chi connectivity index (χ1n) is 7.34. The molecule has 0 saturated carbocycles. The number of nitrogens with two attached hydrogens (primary N) is 1. The monoisotopic (exact) mass is 246 g/mol. The van der Waals surface area contributed by atoms with Gasteiger partial charge in [0.25, 0.3) is 0 Å². The number of hydrogen-bond donors (Lipinski definition) is 1. The van der Waals surface area contributed by atoms with Gasteiger partial charge in [0.15, 0.2) is 0 Å². The van der Waals surface area contributed by atoms with Crippen LogP contribution in [0.25, 0.3) is 0 Å². The number of nitrogens with zero attached hydrogens (tertiary/aromatic N) is 1. The van der Waals surface area contributed by atoms with Crippen LogP contribution in [0.1, 0.15) is 56.2 Å². The van der Waals surface area contributed by atoms with Crippen molar-refractivity contribution in [3.8, 4) is 0 Å². The van der Waals surface area contributed by atoms with Crippen LogP contribution in [0.4, 0.5) is 5.69 Å². The molecule has 1 aliphatic rings. The van der Waals surface area contributed by atoms with Gasteiger partial charge >= 0.3 is 0 Å². The van der Waals surface area contributed by atoms with Crippen LogP contribution in [-0.2, 0) is 0 Å². The Hall–Kier alpha value is -1.02. The van der Waals surface area contributed by atoms with Crippen LogP contribution in [0.2, 0.25) is 0 Å². The third-order valence-corrected chi connectivity index (χ3v) is 3.97. The zero-order chi connectivity index (χ0) is 13.0. The highest BCUT2D eigenvalue weighted by Gasteiger charge is 2.19. The first-order valence-corrected chi connectivity index (χ1v) is 7.34. The second-order valence-electron chi connectivity index (χ2n) is 5.45. The molecule has 2 heteroatoms. The van der Waals surface area contributed by atoms with Crippen LogP contribution in [-0.4, -0.2) is 13.1 Å². The van der Waals surface area contributed by atoms with Crippen molar-refractivity contribution in [2.45, 2.75) is 52.0 Å². The summed E-state index contributed by atoms with van der Waals surface area (Å²) in [5, 5.41) is 0. The van der Waals surface area contributed by atoms with E-state index in [2.05, 4.69) is 36.9 Å². The molecule has 2 N–H and O–H groups in total. The SMILES string of the molecule is CCCC(N)c1c(C)cccc1N1CCCCC1. The minimum Gasteiger partial charge on any atom is -0.371 e. The molecule has 0 aromatic heterocycles. The molecule has 1 saturated heterocycles. The molecule has 2 nitrogen and oxygen atoms in total. The molecule has 2 rings (SSSR count). The topological polar surface area (TPSA) is 29.3 Å². The Balaban J connectivity index is 2.30. The molecular formula is C16H26N2. The third-order valence-electron chi connectivity index (χ3n) is 3.97. The molecule has 0 aliphatic carbocycles. The number of rotatable bonds is 4. The first-order chi connectivity index (χ1) is 8.74. The molecule has 1 fully saturated rings. The highest BCUT2D eigenvalue weighted by atomic mass is 15.1. The van der Waals surface area contributed by atoms with Crippen LogP contribution in [0.5, 0.6) is 0 Å². The van der Waals surface area contributed by atoms with Crippen molar-refractivity contribution in [2.75, 3.05) is 18.0 Å². The largest absolute Gasteiger partial charge is 0.371 e. The van der Waals surface area contributed by atoms with Crippen molar-refractivity contribution in [1.29, 1.82) is 0 Å². The smallest absolute Gasteiger partial charge is 0.0417 e. The summed E-state index contributed by atoms with van der Waals surface area (Å²) in [5.74, 6) is 0. The van der Waals surface area contributed by atoms with E-state index in [4.69, 9.17) is 5.73 Å². The zero-order valence-corrected chi connectivity index (χ0v) is 11.8. The summed E-state index contributed by atoms with van der Waals surface area (Å²) in [6.45, 7) is 6.78. The van der Waals surface area contributed by atoms with Crippen molar-refractivity contribution in [3.63, 3.8) is 0 Å². The summed E-state index contributed by atoms with van der Waals surface area (Å²) in [4.78, 5) is 2.53. The summed E-state index contributed by atoms with van der Waals surface area (Å²) in [5.41, 5.74) is 10.5. The highest BCUT2D eigenvalue weighted by Crippen LogP contribution is 2.32. The van der Waals surface area contributed by atoms with Gasteiger partial charge in [0.2, 0.25) is 0 Å². The fraction of sp³-hybridized carbons (Fsp3) is 0.625. The molecule has 0 radical (unpaired) electrons. The first kappa shape index (κ1) is 13.4. The van der Waals surface area contributed by atoms with E-state index in [-0.39, 0.29) is 6.04 Å². The Bertz CT molecular complexity index is 381. The third kappa shape index (κ3) is 2.86. The van der Waals surface area contributed by atoms with Crippen LogP contribution >= 0.6 is 0 Å². The Labute approximate surface area is 111 Å². The molecule has 1 heterocycles. The average Bonchev–Trinajstić information content (AvgIpc) is 2.39. The molecule has 0 spiro atoms. The van der Waals surface area contributed by atoms with Gasteiger partial charge in [0, 0.05) is 24.8 Å². The van der Waals surface area contributed by atoms with Crippen LogP contribution in [0, 0.1) is 6.92 Å². The molecule has 1 unspecified atom stereocenters. The molecule has 1 atom stereocenters. The summed E-state index contributed by atoms with van der Waals surface area (Å²) in [7, 11) is 0. The van der Waals surface area contributed by atoms with Gasteiger partial charge in [0.05, 0.1) is 0 Å². The molecule has 1 aromatic carbocycles. The van der Waals surface area contributed by atoms with Crippen molar-refractivity contribution in [2.24, 2.45) is 5.73 Å². The van der Waals surface area contributed by atoms with E-state index in [9.17, 15) is 0 Å². The highest BCUT2D eigenvalue weighted by molar-refractivity contribution is 5.58. The maximum absolute atomic E-state index is 6.39. The van der Waals surface area contributed by atoms with E-state index in [1.165, 1.54) is 49.2 Å². The van der Waals surface area contributed by atoms with Crippen LogP contribution in [0.3, 0.4) is 0 Å². The van der Waals surface area contributed by atoms with Crippen LogP contribution in [0.15, 0.2) is 18.2 Å². The van der Waals surface area contributed by atoms with Gasteiger partial charge in [-0.1, -0.05) is 25.5 Å². The van der Waals surface area contributed by atoms with Gasteiger partial charge in [-0.15, -0.1) is 0 Å². The number of benzene rings is 1. The van der Waals surface area contributed by atoms with Crippen molar-refractivity contribution in [3.05, 3.63) is 29.3 Å². The number of anilines is 1.